The topological polar surface area (TPSA) is 118 Å². The number of carbonyl (C=O) groups is 2. The summed E-state index contributed by atoms with van der Waals surface area (Å²) in [5, 5.41) is 0. The molecule has 10 nitrogen and oxygen atoms in total. The predicted octanol–water partition coefficient (Wildman–Crippen LogP) is 2.14. The van der Waals surface area contributed by atoms with Crippen LogP contribution in [0.15, 0.2) is 63.7 Å². The second-order valence-corrected chi connectivity index (χ2v) is 9.07. The first-order chi connectivity index (χ1) is 18.4. The number of ether oxygens (including phenoxy) is 4. The maximum Gasteiger partial charge on any atom is 0.343 e. The maximum absolute atomic E-state index is 13.7. The molecule has 3 heterocycles. The van der Waals surface area contributed by atoms with Gasteiger partial charge in [0.25, 0.3) is 5.56 Å². The summed E-state index contributed by atoms with van der Waals surface area (Å²) in [7, 11) is 1.27. The summed E-state index contributed by atoms with van der Waals surface area (Å²) in [5.41, 5.74) is 1.59. The molecule has 0 unspecified atom stereocenters. The van der Waals surface area contributed by atoms with Crippen LogP contribution in [0.2, 0.25) is 0 Å². The van der Waals surface area contributed by atoms with E-state index in [2.05, 4.69) is 14.7 Å². The molecule has 11 heteroatoms. The number of aromatic nitrogens is 2. The summed E-state index contributed by atoms with van der Waals surface area (Å²) >= 11 is 1.21. The molecule has 198 valence electrons. The lowest BCUT2D eigenvalue weighted by Gasteiger charge is -2.25. The molecule has 1 atom stereocenters. The van der Waals surface area contributed by atoms with Gasteiger partial charge in [-0.3, -0.25) is 14.3 Å². The number of esters is 2. The fraction of sp³-hybridized carbons (Fsp3) is 0.296. The summed E-state index contributed by atoms with van der Waals surface area (Å²) in [5.74, 6) is -0.439. The molecule has 1 aliphatic heterocycles. The highest BCUT2D eigenvalue weighted by molar-refractivity contribution is 7.07. The first-order valence-corrected chi connectivity index (χ1v) is 12.8. The highest BCUT2D eigenvalue weighted by Gasteiger charge is 2.34. The highest BCUT2D eigenvalue weighted by atomic mass is 32.1. The average molecular weight is 538 g/mol. The normalized spacial score (nSPS) is 14.9. The Kier molecular flexibility index (Phi) is 8.37. The number of fused-ring (bicyclic) bond motifs is 1. The quantitative estimate of drug-likeness (QED) is 0.381. The van der Waals surface area contributed by atoms with E-state index in [1.54, 1.807) is 56.5 Å². The SMILES string of the molecule is CCOC(=O)C1=C(C)N=c2s/c(=C\c3ccccn3)c(=O)n2[C@H]1c1ccc(OCC(=O)OC)c(OCC)c1. The molecule has 1 aliphatic rings. The van der Waals surface area contributed by atoms with Gasteiger partial charge in [0, 0.05) is 6.20 Å². The lowest BCUT2D eigenvalue weighted by atomic mass is 9.95. The van der Waals surface area contributed by atoms with Crippen LogP contribution < -0.4 is 24.4 Å². The van der Waals surface area contributed by atoms with Crippen molar-refractivity contribution in [3.05, 3.63) is 84.8 Å². The Morgan fingerprint density at radius 3 is 2.61 bits per heavy atom. The van der Waals surface area contributed by atoms with Gasteiger partial charge in [-0.15, -0.1) is 0 Å². The van der Waals surface area contributed by atoms with Crippen LogP contribution in [0.3, 0.4) is 0 Å². The van der Waals surface area contributed by atoms with E-state index in [0.29, 0.717) is 44.4 Å². The molecule has 3 aromatic rings. The minimum absolute atomic E-state index is 0.164. The minimum Gasteiger partial charge on any atom is -0.490 e. The van der Waals surface area contributed by atoms with Crippen molar-refractivity contribution in [2.24, 2.45) is 4.99 Å². The van der Waals surface area contributed by atoms with E-state index in [-0.39, 0.29) is 24.3 Å². The molecule has 0 saturated carbocycles. The van der Waals surface area contributed by atoms with Gasteiger partial charge in [-0.05, 0) is 56.7 Å². The van der Waals surface area contributed by atoms with Crippen LogP contribution in [0.4, 0.5) is 0 Å². The first-order valence-electron chi connectivity index (χ1n) is 11.9. The number of methoxy groups -OCH3 is 1. The van der Waals surface area contributed by atoms with Crippen LogP contribution in [0.25, 0.3) is 6.08 Å². The van der Waals surface area contributed by atoms with Gasteiger partial charge in [-0.2, -0.15) is 0 Å². The molecule has 0 N–H and O–H groups in total. The standard InChI is InChI=1S/C27H27N3O7S/c1-5-35-20-13-17(10-11-19(20)37-15-22(31)34-4)24-23(26(33)36-6-2)16(3)29-27-30(24)25(32)21(38-27)14-18-9-7-8-12-28-18/h7-14,24H,5-6,15H2,1-4H3/b21-14-/t24-/m0/s1. The fourth-order valence-electron chi connectivity index (χ4n) is 3.98. The van der Waals surface area contributed by atoms with Crippen LogP contribution in [0.5, 0.6) is 11.5 Å². The summed E-state index contributed by atoms with van der Waals surface area (Å²) < 4.78 is 23.3. The zero-order valence-corrected chi connectivity index (χ0v) is 22.2. The number of carbonyl (C=O) groups excluding carboxylic acids is 2. The lowest BCUT2D eigenvalue weighted by Crippen LogP contribution is -2.40. The Hall–Kier alpha value is -4.25. The third-order valence-electron chi connectivity index (χ3n) is 5.64. The summed E-state index contributed by atoms with van der Waals surface area (Å²) in [6.45, 7) is 5.43. The zero-order chi connectivity index (χ0) is 27.2. The Balaban J connectivity index is 1.89. The number of rotatable bonds is 9. The lowest BCUT2D eigenvalue weighted by molar-refractivity contribution is -0.143. The van der Waals surface area contributed by atoms with Crippen molar-refractivity contribution in [2.75, 3.05) is 26.9 Å². The molecular formula is C27H27N3O7S. The van der Waals surface area contributed by atoms with Crippen molar-refractivity contribution in [1.29, 1.82) is 0 Å². The third-order valence-corrected chi connectivity index (χ3v) is 6.62. The van der Waals surface area contributed by atoms with Crippen LogP contribution in [0, 0.1) is 0 Å². The van der Waals surface area contributed by atoms with Gasteiger partial charge >= 0.3 is 11.9 Å². The summed E-state index contributed by atoms with van der Waals surface area (Å²) in [6, 6.07) is 9.63. The van der Waals surface area contributed by atoms with E-state index in [1.807, 2.05) is 13.0 Å². The second-order valence-electron chi connectivity index (χ2n) is 8.06. The molecule has 2 aromatic heterocycles. The molecular weight excluding hydrogens is 510 g/mol. The van der Waals surface area contributed by atoms with E-state index < -0.39 is 18.0 Å². The first kappa shape index (κ1) is 26.8. The average Bonchev–Trinajstić information content (AvgIpc) is 3.21. The van der Waals surface area contributed by atoms with Gasteiger partial charge < -0.3 is 18.9 Å². The van der Waals surface area contributed by atoms with Crippen molar-refractivity contribution in [2.45, 2.75) is 26.8 Å². The van der Waals surface area contributed by atoms with E-state index in [4.69, 9.17) is 14.2 Å². The van der Waals surface area contributed by atoms with Crippen molar-refractivity contribution >= 4 is 29.4 Å². The highest BCUT2D eigenvalue weighted by Crippen LogP contribution is 2.36. The van der Waals surface area contributed by atoms with E-state index >= 15 is 0 Å². The van der Waals surface area contributed by atoms with Crippen LogP contribution in [-0.4, -0.2) is 48.4 Å². The Morgan fingerprint density at radius 2 is 1.92 bits per heavy atom. The van der Waals surface area contributed by atoms with Gasteiger partial charge in [-0.25, -0.2) is 14.6 Å². The molecule has 0 bridgehead atoms. The molecule has 0 amide bonds. The maximum atomic E-state index is 13.7. The molecule has 4 rings (SSSR count). The van der Waals surface area contributed by atoms with Crippen molar-refractivity contribution in [3.8, 4) is 11.5 Å². The zero-order valence-electron chi connectivity index (χ0n) is 21.4. The Labute approximate surface area is 222 Å². The molecule has 0 saturated heterocycles. The van der Waals surface area contributed by atoms with Crippen LogP contribution in [-0.2, 0) is 19.1 Å². The van der Waals surface area contributed by atoms with Gasteiger partial charge in [0.05, 0.1) is 47.9 Å². The molecule has 0 aliphatic carbocycles. The van der Waals surface area contributed by atoms with Crippen LogP contribution >= 0.6 is 11.3 Å². The molecule has 0 spiro atoms. The van der Waals surface area contributed by atoms with E-state index in [9.17, 15) is 14.4 Å². The van der Waals surface area contributed by atoms with Crippen LogP contribution in [0.1, 0.15) is 38.1 Å². The smallest absolute Gasteiger partial charge is 0.343 e. The number of hydrogen-bond acceptors (Lipinski definition) is 10. The van der Waals surface area contributed by atoms with Crippen molar-refractivity contribution < 1.29 is 28.5 Å². The Bertz CT molecular complexity index is 1560. The molecule has 0 radical (unpaired) electrons. The van der Waals surface area contributed by atoms with Gasteiger partial charge in [0.15, 0.2) is 22.9 Å². The predicted molar refractivity (Wildman–Crippen MR) is 140 cm³/mol. The number of nitrogens with zero attached hydrogens (tertiary/aromatic N) is 3. The number of hydrogen-bond donors (Lipinski definition) is 0. The van der Waals surface area contributed by atoms with Crippen molar-refractivity contribution in [3.63, 3.8) is 0 Å². The van der Waals surface area contributed by atoms with Gasteiger partial charge in [0.1, 0.15) is 0 Å². The van der Waals surface area contributed by atoms with E-state index in [1.165, 1.54) is 23.0 Å². The van der Waals surface area contributed by atoms with Crippen molar-refractivity contribution in [1.82, 2.24) is 9.55 Å². The number of allylic oxidation sites excluding steroid dienone is 1. The van der Waals surface area contributed by atoms with Gasteiger partial charge in [-0.1, -0.05) is 23.5 Å². The Morgan fingerprint density at radius 1 is 1.11 bits per heavy atom. The molecule has 0 fully saturated rings. The van der Waals surface area contributed by atoms with E-state index in [0.717, 1.165) is 0 Å². The van der Waals surface area contributed by atoms with Gasteiger partial charge in [0.2, 0.25) is 0 Å². The number of benzene rings is 1. The summed E-state index contributed by atoms with van der Waals surface area (Å²) in [4.78, 5) is 47.7. The molecule has 38 heavy (non-hydrogen) atoms. The largest absolute Gasteiger partial charge is 0.490 e. The second kappa shape index (κ2) is 11.9. The molecule has 1 aromatic carbocycles. The monoisotopic (exact) mass is 537 g/mol. The number of thiazole rings is 1. The number of pyridine rings is 1. The summed E-state index contributed by atoms with van der Waals surface area (Å²) in [6.07, 6.45) is 3.34. The third kappa shape index (κ3) is 5.52. The fourth-order valence-corrected chi connectivity index (χ4v) is 5.01. The minimum atomic E-state index is -0.829.